The molecule has 53 heavy (non-hydrogen) atoms. The molecule has 3 heterocycles. The van der Waals surface area contributed by atoms with Crippen LogP contribution in [0.15, 0.2) is 84.9 Å². The Bertz CT molecular complexity index is 2160. The van der Waals surface area contributed by atoms with Crippen molar-refractivity contribution in [3.05, 3.63) is 102 Å². The van der Waals surface area contributed by atoms with Crippen LogP contribution in [0.5, 0.6) is 0 Å². The molecule has 0 aliphatic carbocycles. The maximum atomic E-state index is 14.5. The number of amides is 5. The van der Waals surface area contributed by atoms with Gasteiger partial charge in [0.1, 0.15) is 12.2 Å². The second kappa shape index (κ2) is 15.2. The molecule has 0 radical (unpaired) electrons. The molecule has 0 bridgehead atoms. The zero-order valence-electron chi connectivity index (χ0n) is 30.1. The number of nitrogens with two attached hydrogens (primary N) is 1. The molecule has 2 fully saturated rings. The van der Waals surface area contributed by atoms with E-state index < -0.39 is 12.2 Å². The lowest BCUT2D eigenvalue weighted by molar-refractivity contribution is -0.158. The molecular weight excluding hydrogens is 689 g/mol. The number of hydrogen-bond acceptors (Lipinski definition) is 8. The molecule has 5 amide bonds. The molecular formula is C40H44N8O4S. The number of hydrazine groups is 1. The fourth-order valence-corrected chi connectivity index (χ4v) is 8.17. The molecule has 2 atom stereocenters. The van der Waals surface area contributed by atoms with Gasteiger partial charge in [-0.25, -0.2) is 9.78 Å². The predicted octanol–water partition coefficient (Wildman–Crippen LogP) is 5.84. The number of para-hydroxylation sites is 1. The van der Waals surface area contributed by atoms with E-state index in [2.05, 4.69) is 22.5 Å². The van der Waals surface area contributed by atoms with Crippen LogP contribution in [0.25, 0.3) is 21.0 Å². The first-order valence-corrected chi connectivity index (χ1v) is 18.9. The van der Waals surface area contributed by atoms with Crippen LogP contribution in [0.1, 0.15) is 55.1 Å². The van der Waals surface area contributed by atoms with Crippen LogP contribution >= 0.6 is 11.3 Å². The molecule has 1 aromatic heterocycles. The molecule has 0 spiro atoms. The van der Waals surface area contributed by atoms with Crippen molar-refractivity contribution in [2.75, 3.05) is 30.7 Å². The van der Waals surface area contributed by atoms with Gasteiger partial charge in [0, 0.05) is 36.8 Å². The average Bonchev–Trinajstić information content (AvgIpc) is 3.69. The summed E-state index contributed by atoms with van der Waals surface area (Å²) in [5.74, 6) is -0.620. The Morgan fingerprint density at radius 3 is 2.53 bits per heavy atom. The highest BCUT2D eigenvalue weighted by molar-refractivity contribution is 7.22. The van der Waals surface area contributed by atoms with Crippen LogP contribution in [0, 0.1) is 0 Å². The molecule has 2 aliphatic heterocycles. The number of benzene rings is 4. The van der Waals surface area contributed by atoms with Crippen molar-refractivity contribution in [1.82, 2.24) is 30.1 Å². The number of nitrogen functional groups attached to an aromatic ring is 1. The number of carbonyl (C=O) groups excluding carboxylic acids is 4. The molecule has 4 N–H and O–H groups in total. The zero-order valence-corrected chi connectivity index (χ0v) is 30.9. The van der Waals surface area contributed by atoms with Crippen LogP contribution in [-0.4, -0.2) is 86.4 Å². The SMILES string of the molecule is CCCCNC(=O)N(C(C)C)N1CC(=O)N2[C@@H](Cc3ccc(NC(=O)c4cccc5ccccc45)cc3)C(=O)N(Cc3cccc4sc(N)nc34)C[C@@H]21. The highest BCUT2D eigenvalue weighted by Gasteiger charge is 2.52. The fourth-order valence-electron chi connectivity index (χ4n) is 7.39. The molecule has 2 saturated heterocycles. The van der Waals surface area contributed by atoms with E-state index in [4.69, 9.17) is 5.73 Å². The number of urea groups is 1. The third-order valence-corrected chi connectivity index (χ3v) is 10.8. The average molecular weight is 733 g/mol. The monoisotopic (exact) mass is 732 g/mol. The number of rotatable bonds is 11. The highest BCUT2D eigenvalue weighted by Crippen LogP contribution is 2.33. The lowest BCUT2D eigenvalue weighted by atomic mass is 9.99. The third kappa shape index (κ3) is 7.26. The summed E-state index contributed by atoms with van der Waals surface area (Å²) in [6.07, 6.45) is 1.47. The van der Waals surface area contributed by atoms with Gasteiger partial charge in [0.25, 0.3) is 5.91 Å². The second-order valence-corrected chi connectivity index (χ2v) is 14.9. The Balaban J connectivity index is 1.16. The number of carbonyl (C=O) groups is 4. The summed E-state index contributed by atoms with van der Waals surface area (Å²) in [6, 6.07) is 25.3. The molecule has 5 aromatic rings. The van der Waals surface area contributed by atoms with Crippen LogP contribution in [0.2, 0.25) is 0 Å². The minimum atomic E-state index is -0.820. The van der Waals surface area contributed by atoms with E-state index >= 15 is 0 Å². The predicted molar refractivity (Wildman–Crippen MR) is 208 cm³/mol. The van der Waals surface area contributed by atoms with Gasteiger partial charge in [0.15, 0.2) is 5.13 Å². The summed E-state index contributed by atoms with van der Waals surface area (Å²) >= 11 is 1.39. The smallest absolute Gasteiger partial charge is 0.332 e. The van der Waals surface area contributed by atoms with Crippen molar-refractivity contribution < 1.29 is 19.2 Å². The first-order chi connectivity index (χ1) is 25.6. The maximum Gasteiger partial charge on any atom is 0.332 e. The molecule has 7 rings (SSSR count). The normalized spacial score (nSPS) is 17.5. The minimum Gasteiger partial charge on any atom is -0.375 e. The van der Waals surface area contributed by atoms with Gasteiger partial charge >= 0.3 is 6.03 Å². The van der Waals surface area contributed by atoms with Gasteiger partial charge in [-0.3, -0.25) is 19.4 Å². The summed E-state index contributed by atoms with van der Waals surface area (Å²) in [4.78, 5) is 63.2. The summed E-state index contributed by atoms with van der Waals surface area (Å²) < 4.78 is 0.933. The molecule has 4 aromatic carbocycles. The maximum absolute atomic E-state index is 14.5. The van der Waals surface area contributed by atoms with E-state index in [9.17, 15) is 19.2 Å². The van der Waals surface area contributed by atoms with E-state index in [1.807, 2.05) is 97.7 Å². The number of piperazine rings is 1. The van der Waals surface area contributed by atoms with Gasteiger partial charge in [-0.15, -0.1) is 0 Å². The summed E-state index contributed by atoms with van der Waals surface area (Å²) in [6.45, 7) is 6.88. The van der Waals surface area contributed by atoms with Crippen LogP contribution < -0.4 is 16.4 Å². The molecule has 12 nitrogen and oxygen atoms in total. The van der Waals surface area contributed by atoms with Gasteiger partial charge in [-0.2, -0.15) is 5.01 Å². The van der Waals surface area contributed by atoms with Crippen LogP contribution in [0.3, 0.4) is 0 Å². The van der Waals surface area contributed by atoms with Crippen molar-refractivity contribution in [3.63, 3.8) is 0 Å². The number of thiazole rings is 1. The number of anilines is 2. The zero-order chi connectivity index (χ0) is 37.2. The number of unbranched alkanes of at least 4 members (excludes halogenated alkanes) is 1. The van der Waals surface area contributed by atoms with Crippen LogP contribution in [0.4, 0.5) is 15.6 Å². The number of aromatic nitrogens is 1. The molecule has 0 saturated carbocycles. The third-order valence-electron chi connectivity index (χ3n) is 9.90. The topological polar surface area (TPSA) is 144 Å². The number of fused-ring (bicyclic) bond motifs is 3. The Morgan fingerprint density at radius 1 is 1.00 bits per heavy atom. The first kappa shape index (κ1) is 35.9. The van der Waals surface area contributed by atoms with E-state index in [0.717, 1.165) is 45.0 Å². The molecule has 0 unspecified atom stereocenters. The minimum absolute atomic E-state index is 0.0288. The Kier molecular flexibility index (Phi) is 10.3. The molecule has 2 aliphatic rings. The number of nitrogens with zero attached hydrogens (tertiary/aromatic N) is 5. The summed E-state index contributed by atoms with van der Waals surface area (Å²) in [7, 11) is 0. The number of hydrogen-bond donors (Lipinski definition) is 3. The number of nitrogens with one attached hydrogen (secondary N) is 2. The summed E-state index contributed by atoms with van der Waals surface area (Å²) in [5.41, 5.74) is 9.69. The van der Waals surface area contributed by atoms with Gasteiger partial charge in [0.2, 0.25) is 11.8 Å². The Labute approximate surface area is 312 Å². The van der Waals surface area contributed by atoms with Crippen molar-refractivity contribution in [2.45, 2.75) is 64.8 Å². The fraction of sp³-hybridized carbons (Fsp3) is 0.325. The summed E-state index contributed by atoms with van der Waals surface area (Å²) in [5, 5.41) is 11.7. The van der Waals surface area contributed by atoms with Gasteiger partial charge in [-0.1, -0.05) is 85.3 Å². The van der Waals surface area contributed by atoms with E-state index in [0.29, 0.717) is 22.9 Å². The van der Waals surface area contributed by atoms with E-state index in [1.165, 1.54) is 11.3 Å². The first-order valence-electron chi connectivity index (χ1n) is 18.1. The largest absolute Gasteiger partial charge is 0.375 e. The van der Waals surface area contributed by atoms with Gasteiger partial charge in [0.05, 0.1) is 23.3 Å². The van der Waals surface area contributed by atoms with Crippen molar-refractivity contribution in [3.8, 4) is 0 Å². The van der Waals surface area contributed by atoms with Gasteiger partial charge < -0.3 is 26.2 Å². The van der Waals surface area contributed by atoms with Crippen molar-refractivity contribution in [2.24, 2.45) is 0 Å². The van der Waals surface area contributed by atoms with Crippen molar-refractivity contribution in [1.29, 1.82) is 0 Å². The molecule has 274 valence electrons. The van der Waals surface area contributed by atoms with Crippen LogP contribution in [-0.2, 0) is 22.6 Å². The van der Waals surface area contributed by atoms with Gasteiger partial charge in [-0.05, 0) is 66.4 Å². The highest BCUT2D eigenvalue weighted by atomic mass is 32.1. The molecule has 13 heteroatoms. The Hall–Kier alpha value is -5.53. The van der Waals surface area contributed by atoms with E-state index in [1.54, 1.807) is 20.9 Å². The Morgan fingerprint density at radius 2 is 1.75 bits per heavy atom. The standard InChI is InChI=1S/C40H44N8O4S/c1-4-5-20-42-40(52)48(25(2)3)46-24-35(49)47-32(38(51)45(23-34(46)47)22-28-12-9-15-33-36(28)44-39(41)53-33)21-26-16-18-29(19-17-26)43-37(50)31-14-8-11-27-10-6-7-13-30(27)31/h6-19,25,32,34H,4-5,20-24H2,1-3H3,(H2,41,44)(H,42,52)(H,43,50)/t32-,34+/m0/s1. The lowest BCUT2D eigenvalue weighted by Gasteiger charge is -2.47. The van der Waals surface area contributed by atoms with E-state index in [-0.39, 0.29) is 55.8 Å². The second-order valence-electron chi connectivity index (χ2n) is 13.8. The quantitative estimate of drug-likeness (QED) is 0.145. The van der Waals surface area contributed by atoms with Crippen molar-refractivity contribution >= 4 is 66.9 Å². The lowest BCUT2D eigenvalue weighted by Crippen LogP contribution is -2.66.